The number of alkyl halides is 3. The van der Waals surface area contributed by atoms with Gasteiger partial charge in [-0.05, 0) is 106 Å². The molecule has 4 saturated heterocycles. The molecule has 5 aromatic rings. The molecule has 10 rings (SSSR count). The molecule has 0 saturated carbocycles. The molecule has 5 aliphatic heterocycles. The monoisotopic (exact) mass is 991 g/mol. The lowest BCUT2D eigenvalue weighted by atomic mass is 9.88. The van der Waals surface area contributed by atoms with E-state index in [0.717, 1.165) is 13.0 Å². The highest BCUT2D eigenvalue weighted by atomic mass is 32.2. The number of nitrogens with zero attached hydrogens (tertiary/aromatic N) is 7. The Morgan fingerprint density at radius 1 is 0.857 bits per heavy atom. The van der Waals surface area contributed by atoms with E-state index in [1.54, 1.807) is 90.9 Å². The van der Waals surface area contributed by atoms with Crippen LogP contribution < -0.4 is 28.9 Å². The number of piperazine rings is 1. The molecular formula is C50H54F5N7O7S. The fourth-order valence-corrected chi connectivity index (χ4v) is 12.6. The summed E-state index contributed by atoms with van der Waals surface area (Å²) in [6.45, 7) is 9.21. The Labute approximate surface area is 402 Å². The summed E-state index contributed by atoms with van der Waals surface area (Å²) >= 11 is 0. The highest BCUT2D eigenvalue weighted by molar-refractivity contribution is 7.92. The summed E-state index contributed by atoms with van der Waals surface area (Å²) < 4.78 is 129. The average molecular weight is 992 g/mol. The number of carbonyl (C=O) groups excluding carboxylic acids is 1. The van der Waals surface area contributed by atoms with Crippen LogP contribution in [0.4, 0.5) is 44.2 Å². The lowest BCUT2D eigenvalue weighted by Crippen LogP contribution is -2.65. The van der Waals surface area contributed by atoms with Crippen LogP contribution in [0.5, 0.6) is 17.4 Å². The van der Waals surface area contributed by atoms with Gasteiger partial charge in [-0.3, -0.25) is 4.90 Å². The first-order valence-electron chi connectivity index (χ1n) is 23.3. The quantitative estimate of drug-likeness (QED) is 0.123. The molecule has 7 heterocycles. The van der Waals surface area contributed by atoms with E-state index in [0.29, 0.717) is 48.6 Å². The number of carbonyl (C=O) groups is 1. The summed E-state index contributed by atoms with van der Waals surface area (Å²) in [5.41, 5.74) is -3.66. The highest BCUT2D eigenvalue weighted by Crippen LogP contribution is 2.50. The number of rotatable bonds is 10. The van der Waals surface area contributed by atoms with Crippen molar-refractivity contribution in [2.45, 2.75) is 96.6 Å². The van der Waals surface area contributed by atoms with Crippen molar-refractivity contribution >= 4 is 44.3 Å². The maximum atomic E-state index is 18.0. The number of pyridine rings is 1. The Kier molecular flexibility index (Phi) is 11.7. The number of ether oxygens (including phenoxy) is 4. The first-order chi connectivity index (χ1) is 33.1. The lowest BCUT2D eigenvalue weighted by Gasteiger charge is -2.48. The molecule has 4 atom stereocenters. The molecule has 0 aliphatic carbocycles. The third kappa shape index (κ3) is 8.52. The van der Waals surface area contributed by atoms with Crippen molar-refractivity contribution in [1.29, 1.82) is 0 Å². The molecule has 14 nitrogen and oxygen atoms in total. The second-order valence-electron chi connectivity index (χ2n) is 20.1. The fourth-order valence-electron chi connectivity index (χ4n) is 10.9. The number of anilines is 3. The third-order valence-electron chi connectivity index (χ3n) is 14.3. The molecular weight excluding hydrogens is 938 g/mol. The molecule has 4 fully saturated rings. The van der Waals surface area contributed by atoms with E-state index in [-0.39, 0.29) is 83.3 Å². The zero-order valence-electron chi connectivity index (χ0n) is 39.8. The minimum Gasteiger partial charge on any atom is -0.497 e. The van der Waals surface area contributed by atoms with Crippen LogP contribution >= 0.6 is 0 Å². The largest absolute Gasteiger partial charge is 0.497 e. The molecule has 0 unspecified atom stereocenters. The van der Waals surface area contributed by atoms with Gasteiger partial charge in [-0.2, -0.15) is 18.2 Å². The van der Waals surface area contributed by atoms with E-state index in [4.69, 9.17) is 28.9 Å². The molecule has 1 amide bonds. The Morgan fingerprint density at radius 2 is 1.47 bits per heavy atom. The topological polar surface area (TPSA) is 140 Å². The van der Waals surface area contributed by atoms with Crippen molar-refractivity contribution in [2.24, 2.45) is 11.8 Å². The zero-order valence-corrected chi connectivity index (χ0v) is 40.6. The van der Waals surface area contributed by atoms with Gasteiger partial charge in [-0.25, -0.2) is 32.0 Å². The molecule has 0 spiro atoms. The van der Waals surface area contributed by atoms with Crippen molar-refractivity contribution in [3.8, 4) is 28.6 Å². The van der Waals surface area contributed by atoms with E-state index in [9.17, 15) is 13.2 Å². The van der Waals surface area contributed by atoms with Gasteiger partial charge in [0.25, 0.3) is 0 Å². The van der Waals surface area contributed by atoms with Crippen LogP contribution in [0.2, 0.25) is 0 Å². The molecule has 0 N–H and O–H groups in total. The summed E-state index contributed by atoms with van der Waals surface area (Å²) in [5.74, 6) is -0.995. The minimum atomic E-state index is -5.18. The van der Waals surface area contributed by atoms with Crippen LogP contribution in [-0.4, -0.2) is 110 Å². The number of methoxy groups -OCH3 is 2. The molecule has 3 aromatic carbocycles. The molecule has 20 heteroatoms. The molecule has 2 bridgehead atoms. The van der Waals surface area contributed by atoms with Gasteiger partial charge in [-0.1, -0.05) is 24.3 Å². The first kappa shape index (κ1) is 47.5. The third-order valence-corrected chi connectivity index (χ3v) is 16.2. The van der Waals surface area contributed by atoms with Crippen molar-refractivity contribution in [3.05, 3.63) is 88.5 Å². The summed E-state index contributed by atoms with van der Waals surface area (Å²) in [5, 5.41) is 0.0416. The van der Waals surface area contributed by atoms with Crippen LogP contribution in [0, 0.1) is 30.4 Å². The molecule has 5 aliphatic rings. The number of halogens is 5. The van der Waals surface area contributed by atoms with Gasteiger partial charge in [0.1, 0.15) is 51.4 Å². The summed E-state index contributed by atoms with van der Waals surface area (Å²) in [6, 6.07) is 13.6. The Morgan fingerprint density at radius 3 is 2.03 bits per heavy atom. The summed E-state index contributed by atoms with van der Waals surface area (Å²) in [4.78, 5) is 35.3. The van der Waals surface area contributed by atoms with E-state index in [1.165, 1.54) is 14.2 Å². The second kappa shape index (κ2) is 17.3. The van der Waals surface area contributed by atoms with E-state index >= 15 is 22.0 Å². The predicted octanol–water partition coefficient (Wildman–Crippen LogP) is 8.74. The maximum absolute atomic E-state index is 18.0. The molecule has 0 radical (unpaired) electrons. The van der Waals surface area contributed by atoms with Gasteiger partial charge < -0.3 is 33.6 Å². The summed E-state index contributed by atoms with van der Waals surface area (Å²) in [6.07, 6.45) is -5.24. The van der Waals surface area contributed by atoms with Crippen molar-refractivity contribution in [2.75, 3.05) is 60.1 Å². The van der Waals surface area contributed by atoms with Gasteiger partial charge in [-0.15, -0.1) is 0 Å². The van der Waals surface area contributed by atoms with Crippen LogP contribution in [0.25, 0.3) is 22.2 Å². The second-order valence-corrected chi connectivity index (χ2v) is 22.3. The maximum Gasteiger partial charge on any atom is 0.417 e. The molecule has 372 valence electrons. The fraction of sp³-hybridized carbons (Fsp3) is 0.480. The van der Waals surface area contributed by atoms with Crippen molar-refractivity contribution in [1.82, 2.24) is 19.9 Å². The molecule has 2 aromatic heterocycles. The Balaban J connectivity index is 1.14. The lowest BCUT2D eigenvalue weighted by molar-refractivity contribution is -0.137. The van der Waals surface area contributed by atoms with Gasteiger partial charge >= 0.3 is 12.3 Å². The standard InChI is InChI=1S/C50H54F5N7O7S/c1-26-39(50(53,54)55)35(18-37(40(26)51)59(19-28-8-13-33(66-6)14-9-28)20-29-10-15-34(67-7)16-11-29)42-41(52)43-38-45(58-47(57-43)60-21-30(22-60)31-24-70(64,65)25-31)61-23-32-12-17-36(44(61)27(2)68-46(38)56-42)62(32)48(63)69-49(3,4)5/h8-11,13-16,18,27,30-32,36,44H,12,17,19-25H2,1-7H3/t27-,32+,36-,44+/m0/s1. The number of aromatic nitrogens is 3. The number of fused-ring (bicyclic) bond motifs is 5. The summed E-state index contributed by atoms with van der Waals surface area (Å²) in [7, 11) is -0.0667. The van der Waals surface area contributed by atoms with E-state index < -0.39 is 79.9 Å². The van der Waals surface area contributed by atoms with Gasteiger partial charge in [0.15, 0.2) is 15.7 Å². The van der Waals surface area contributed by atoms with Crippen LogP contribution in [0.15, 0.2) is 54.6 Å². The van der Waals surface area contributed by atoms with Crippen LogP contribution in [-0.2, 0) is 33.8 Å². The number of hydrogen-bond donors (Lipinski definition) is 0. The minimum absolute atomic E-state index is 0.00779. The van der Waals surface area contributed by atoms with E-state index in [1.807, 2.05) is 4.90 Å². The van der Waals surface area contributed by atoms with Gasteiger partial charge in [0.2, 0.25) is 11.8 Å². The smallest absolute Gasteiger partial charge is 0.417 e. The van der Waals surface area contributed by atoms with Crippen LogP contribution in [0.3, 0.4) is 0 Å². The Hall–Kier alpha value is -6.18. The van der Waals surface area contributed by atoms with Gasteiger partial charge in [0.05, 0.1) is 55.1 Å². The van der Waals surface area contributed by atoms with Gasteiger partial charge in [0, 0.05) is 38.3 Å². The van der Waals surface area contributed by atoms with Crippen molar-refractivity contribution in [3.63, 3.8) is 0 Å². The SMILES string of the molecule is COc1ccc(CN(Cc2ccc(OC)cc2)c2cc(-c3nc4c5c(nc(N6CC(C7CS(=O)(=O)C7)C6)nc5c3F)N3C[C@H]5CC[C@@H]([C@H]3[C@H](C)O4)N5C(=O)OC(C)(C)C)c(C(F)(F)F)c(C)c2F)cc1. The normalized spacial score (nSPS) is 21.9. The molecule has 70 heavy (non-hydrogen) atoms. The number of amides is 1. The predicted molar refractivity (Wildman–Crippen MR) is 252 cm³/mol. The van der Waals surface area contributed by atoms with Crippen LogP contribution in [0.1, 0.15) is 62.8 Å². The highest BCUT2D eigenvalue weighted by Gasteiger charge is 2.54. The zero-order chi connectivity index (χ0) is 49.8. The van der Waals surface area contributed by atoms with Crippen molar-refractivity contribution < 1.29 is 54.1 Å². The first-order valence-corrected chi connectivity index (χ1v) is 25.2. The number of sulfone groups is 1. The van der Waals surface area contributed by atoms with E-state index in [2.05, 4.69) is 4.98 Å². The number of benzene rings is 3. The average Bonchev–Trinajstić information content (AvgIpc) is 3.52. The Bertz CT molecular complexity index is 2920. The number of hydrogen-bond acceptors (Lipinski definition) is 13.